The van der Waals surface area contributed by atoms with Crippen molar-refractivity contribution < 1.29 is 9.90 Å². The number of hydrogen-bond acceptors (Lipinski definition) is 2. The van der Waals surface area contributed by atoms with Crippen molar-refractivity contribution in [2.75, 3.05) is 13.2 Å². The van der Waals surface area contributed by atoms with Crippen LogP contribution < -0.4 is 0 Å². The third-order valence-corrected chi connectivity index (χ3v) is 4.79. The van der Waals surface area contributed by atoms with Crippen LogP contribution in [0.4, 0.5) is 0 Å². The molecule has 120 valence electrons. The van der Waals surface area contributed by atoms with Crippen LogP contribution in [0.1, 0.15) is 24.0 Å². The van der Waals surface area contributed by atoms with E-state index in [1.165, 1.54) is 0 Å². The van der Waals surface area contributed by atoms with E-state index in [1.807, 2.05) is 41.3 Å². The Bertz CT molecular complexity index is 641. The van der Waals surface area contributed by atoms with Gasteiger partial charge in [0.05, 0.1) is 5.41 Å². The number of aliphatic hydroxyl groups is 1. The van der Waals surface area contributed by atoms with Crippen molar-refractivity contribution in [2.24, 2.45) is 5.41 Å². The Morgan fingerprint density at radius 1 is 0.957 bits per heavy atom. The molecule has 0 aromatic heterocycles. The van der Waals surface area contributed by atoms with E-state index < -0.39 is 5.41 Å². The Morgan fingerprint density at radius 3 is 2.17 bits per heavy atom. The SMILES string of the molecule is O=C1N(Cc2ccccc2)CCC1(CCO)Cc1ccccc1. The Hall–Kier alpha value is -2.13. The number of nitrogens with zero attached hydrogens (tertiary/aromatic N) is 1. The molecule has 0 saturated carbocycles. The number of benzene rings is 2. The highest BCUT2D eigenvalue weighted by Gasteiger charge is 2.45. The van der Waals surface area contributed by atoms with Crippen molar-refractivity contribution in [1.29, 1.82) is 0 Å². The van der Waals surface area contributed by atoms with Gasteiger partial charge in [0.2, 0.25) is 5.91 Å². The number of rotatable bonds is 6. The normalized spacial score (nSPS) is 20.9. The fourth-order valence-electron chi connectivity index (χ4n) is 3.53. The Morgan fingerprint density at radius 2 is 1.57 bits per heavy atom. The highest BCUT2D eigenvalue weighted by Crippen LogP contribution is 2.39. The third kappa shape index (κ3) is 3.45. The maximum absolute atomic E-state index is 13.0. The predicted molar refractivity (Wildman–Crippen MR) is 90.8 cm³/mol. The molecule has 3 nitrogen and oxygen atoms in total. The lowest BCUT2D eigenvalue weighted by Crippen LogP contribution is -2.36. The molecule has 1 N–H and O–H groups in total. The molecule has 0 bridgehead atoms. The molecule has 1 aliphatic heterocycles. The van der Waals surface area contributed by atoms with Gasteiger partial charge in [-0.1, -0.05) is 60.7 Å². The number of hydrogen-bond donors (Lipinski definition) is 1. The molecular formula is C20H23NO2. The first-order valence-electron chi connectivity index (χ1n) is 8.22. The monoisotopic (exact) mass is 309 g/mol. The first-order chi connectivity index (χ1) is 11.2. The minimum atomic E-state index is -0.453. The summed E-state index contributed by atoms with van der Waals surface area (Å²) in [4.78, 5) is 15.0. The van der Waals surface area contributed by atoms with Gasteiger partial charge >= 0.3 is 0 Å². The number of amides is 1. The topological polar surface area (TPSA) is 40.5 Å². The van der Waals surface area contributed by atoms with Crippen molar-refractivity contribution in [3.05, 3.63) is 71.8 Å². The lowest BCUT2D eigenvalue weighted by molar-refractivity contribution is -0.137. The maximum atomic E-state index is 13.0. The standard InChI is InChI=1S/C20H23NO2/c22-14-12-20(15-17-7-3-1-4-8-17)11-13-21(19(20)23)16-18-9-5-2-6-10-18/h1-10,22H,11-16H2. The fraction of sp³-hybridized carbons (Fsp3) is 0.350. The summed E-state index contributed by atoms with van der Waals surface area (Å²) < 4.78 is 0. The van der Waals surface area contributed by atoms with Crippen molar-refractivity contribution in [3.63, 3.8) is 0 Å². The average molecular weight is 309 g/mol. The second kappa shape index (κ2) is 6.97. The Balaban J connectivity index is 1.77. The minimum Gasteiger partial charge on any atom is -0.396 e. The molecule has 1 atom stereocenters. The van der Waals surface area contributed by atoms with E-state index in [4.69, 9.17) is 0 Å². The molecule has 2 aromatic carbocycles. The predicted octanol–water partition coefficient (Wildman–Crippen LogP) is 3.03. The highest BCUT2D eigenvalue weighted by molar-refractivity contribution is 5.85. The average Bonchev–Trinajstić information content (AvgIpc) is 2.87. The van der Waals surface area contributed by atoms with Gasteiger partial charge in [0, 0.05) is 19.7 Å². The van der Waals surface area contributed by atoms with E-state index in [0.717, 1.165) is 24.1 Å². The van der Waals surface area contributed by atoms with E-state index in [9.17, 15) is 9.90 Å². The van der Waals surface area contributed by atoms with Crippen molar-refractivity contribution in [2.45, 2.75) is 25.8 Å². The van der Waals surface area contributed by atoms with E-state index in [-0.39, 0.29) is 12.5 Å². The summed E-state index contributed by atoms with van der Waals surface area (Å²) in [6.45, 7) is 1.47. The minimum absolute atomic E-state index is 0.0533. The van der Waals surface area contributed by atoms with Crippen LogP contribution in [-0.2, 0) is 17.8 Å². The van der Waals surface area contributed by atoms with Crippen molar-refractivity contribution in [1.82, 2.24) is 4.90 Å². The number of carbonyl (C=O) groups excluding carboxylic acids is 1. The largest absolute Gasteiger partial charge is 0.396 e. The molecule has 23 heavy (non-hydrogen) atoms. The quantitative estimate of drug-likeness (QED) is 0.891. The molecule has 1 aliphatic rings. The summed E-state index contributed by atoms with van der Waals surface area (Å²) >= 11 is 0. The summed E-state index contributed by atoms with van der Waals surface area (Å²) in [5, 5.41) is 9.49. The van der Waals surface area contributed by atoms with Crippen LogP contribution in [0.2, 0.25) is 0 Å². The zero-order valence-electron chi connectivity index (χ0n) is 13.3. The van der Waals surface area contributed by atoms with E-state index in [2.05, 4.69) is 24.3 Å². The van der Waals surface area contributed by atoms with E-state index in [0.29, 0.717) is 19.4 Å². The molecule has 0 radical (unpaired) electrons. The summed E-state index contributed by atoms with van der Waals surface area (Å²) in [6, 6.07) is 20.2. The fourth-order valence-corrected chi connectivity index (χ4v) is 3.53. The van der Waals surface area contributed by atoms with Gasteiger partial charge in [-0.3, -0.25) is 4.79 Å². The van der Waals surface area contributed by atoms with Crippen LogP contribution in [-0.4, -0.2) is 29.1 Å². The van der Waals surface area contributed by atoms with Crippen LogP contribution >= 0.6 is 0 Å². The highest BCUT2D eigenvalue weighted by atomic mass is 16.3. The summed E-state index contributed by atoms with van der Waals surface area (Å²) in [5.41, 5.74) is 1.86. The number of carbonyl (C=O) groups is 1. The second-order valence-electron chi connectivity index (χ2n) is 6.38. The first-order valence-corrected chi connectivity index (χ1v) is 8.22. The molecule has 1 heterocycles. The summed E-state index contributed by atoms with van der Waals surface area (Å²) in [6.07, 6.45) is 2.05. The van der Waals surface area contributed by atoms with Crippen LogP contribution in [0.5, 0.6) is 0 Å². The lowest BCUT2D eigenvalue weighted by atomic mass is 9.77. The molecule has 0 spiro atoms. The van der Waals surface area contributed by atoms with Gasteiger partial charge in [0.25, 0.3) is 0 Å². The Kier molecular flexibility index (Phi) is 4.77. The van der Waals surface area contributed by atoms with Gasteiger partial charge < -0.3 is 10.0 Å². The van der Waals surface area contributed by atoms with E-state index in [1.54, 1.807) is 0 Å². The van der Waals surface area contributed by atoms with Crippen LogP contribution in [0.3, 0.4) is 0 Å². The molecule has 3 heteroatoms. The van der Waals surface area contributed by atoms with Crippen molar-refractivity contribution in [3.8, 4) is 0 Å². The smallest absolute Gasteiger partial charge is 0.229 e. The molecule has 1 saturated heterocycles. The van der Waals surface area contributed by atoms with Gasteiger partial charge in [-0.05, 0) is 30.4 Å². The Labute approximate surface area is 137 Å². The lowest BCUT2D eigenvalue weighted by Gasteiger charge is -2.27. The molecular weight excluding hydrogens is 286 g/mol. The van der Waals surface area contributed by atoms with Gasteiger partial charge in [-0.15, -0.1) is 0 Å². The van der Waals surface area contributed by atoms with Crippen LogP contribution in [0.15, 0.2) is 60.7 Å². The molecule has 3 rings (SSSR count). The maximum Gasteiger partial charge on any atom is 0.229 e. The molecule has 1 unspecified atom stereocenters. The van der Waals surface area contributed by atoms with Crippen LogP contribution in [0, 0.1) is 5.41 Å². The summed E-state index contributed by atoms with van der Waals surface area (Å²) in [7, 11) is 0. The zero-order chi connectivity index (χ0) is 16.1. The number of aliphatic hydroxyl groups excluding tert-OH is 1. The second-order valence-corrected chi connectivity index (χ2v) is 6.38. The molecule has 1 fully saturated rings. The zero-order valence-corrected chi connectivity index (χ0v) is 13.3. The van der Waals surface area contributed by atoms with Gasteiger partial charge in [-0.2, -0.15) is 0 Å². The van der Waals surface area contributed by atoms with Gasteiger partial charge in [0.1, 0.15) is 0 Å². The molecule has 0 aliphatic carbocycles. The molecule has 2 aromatic rings. The number of likely N-dealkylation sites (tertiary alicyclic amines) is 1. The van der Waals surface area contributed by atoms with E-state index >= 15 is 0 Å². The summed E-state index contributed by atoms with van der Waals surface area (Å²) in [5.74, 6) is 0.180. The van der Waals surface area contributed by atoms with Crippen LogP contribution in [0.25, 0.3) is 0 Å². The third-order valence-electron chi connectivity index (χ3n) is 4.79. The van der Waals surface area contributed by atoms with Gasteiger partial charge in [0.15, 0.2) is 0 Å². The first kappa shape index (κ1) is 15.8. The molecule has 1 amide bonds. The van der Waals surface area contributed by atoms with Gasteiger partial charge in [-0.25, -0.2) is 0 Å². The van der Waals surface area contributed by atoms with Crippen molar-refractivity contribution >= 4 is 5.91 Å².